The van der Waals surface area contributed by atoms with E-state index < -0.39 is 0 Å². The topological polar surface area (TPSA) is 27.0 Å². The molecule has 0 unspecified atom stereocenters. The fourth-order valence-corrected chi connectivity index (χ4v) is 2.49. The highest BCUT2D eigenvalue weighted by atomic mass is 35.5. The van der Waals surface area contributed by atoms with Crippen molar-refractivity contribution in [3.63, 3.8) is 0 Å². The molecule has 0 aromatic heterocycles. The van der Waals surface area contributed by atoms with Crippen LogP contribution in [0.1, 0.15) is 16.7 Å². The highest BCUT2D eigenvalue weighted by Crippen LogP contribution is 2.20. The third kappa shape index (κ3) is 3.98. The number of hydrogen-bond donors (Lipinski definition) is 0. The molecule has 0 N–H and O–H groups in total. The summed E-state index contributed by atoms with van der Waals surface area (Å²) in [6.07, 6.45) is 0. The number of nitrogens with zero attached hydrogens (tertiary/aromatic N) is 2. The average molecular weight is 305 g/mol. The molecule has 0 bridgehead atoms. The first-order chi connectivity index (χ1) is 9.58. The lowest BCUT2D eigenvalue weighted by molar-refractivity contribution is 0.319. The Labute approximate surface area is 129 Å². The number of halogens is 2. The highest BCUT2D eigenvalue weighted by molar-refractivity contribution is 6.31. The van der Waals surface area contributed by atoms with Crippen LogP contribution < -0.4 is 0 Å². The lowest BCUT2D eigenvalue weighted by Crippen LogP contribution is -2.17. The van der Waals surface area contributed by atoms with E-state index in [-0.39, 0.29) is 0 Å². The Morgan fingerprint density at radius 3 is 2.55 bits per heavy atom. The molecule has 0 amide bonds. The van der Waals surface area contributed by atoms with Gasteiger partial charge in [0.15, 0.2) is 0 Å². The monoisotopic (exact) mass is 304 g/mol. The normalized spacial score (nSPS) is 10.6. The fourth-order valence-electron chi connectivity index (χ4n) is 2.04. The van der Waals surface area contributed by atoms with E-state index in [4.69, 9.17) is 28.5 Å². The maximum atomic E-state index is 8.82. The van der Waals surface area contributed by atoms with E-state index in [0.29, 0.717) is 10.6 Å². The van der Waals surface area contributed by atoms with Crippen LogP contribution in [0.2, 0.25) is 10.0 Å². The van der Waals surface area contributed by atoms with Crippen LogP contribution in [-0.2, 0) is 13.1 Å². The van der Waals surface area contributed by atoms with Crippen molar-refractivity contribution in [2.24, 2.45) is 0 Å². The van der Waals surface area contributed by atoms with Crippen molar-refractivity contribution in [1.29, 1.82) is 5.26 Å². The van der Waals surface area contributed by atoms with Gasteiger partial charge in [0, 0.05) is 23.1 Å². The second-order valence-corrected chi connectivity index (χ2v) is 5.56. The number of hydrogen-bond acceptors (Lipinski definition) is 2. The second kappa shape index (κ2) is 6.76. The third-order valence-electron chi connectivity index (χ3n) is 2.96. The quantitative estimate of drug-likeness (QED) is 0.831. The van der Waals surface area contributed by atoms with Gasteiger partial charge in [-0.2, -0.15) is 5.26 Å². The SMILES string of the molecule is CN(Cc1cccc(Cl)c1)Cc1ccc(C#N)cc1Cl. The van der Waals surface area contributed by atoms with E-state index in [1.807, 2.05) is 37.4 Å². The van der Waals surface area contributed by atoms with Gasteiger partial charge < -0.3 is 0 Å². The molecule has 2 aromatic carbocycles. The number of benzene rings is 2. The van der Waals surface area contributed by atoms with Crippen LogP contribution in [0.25, 0.3) is 0 Å². The Morgan fingerprint density at radius 2 is 1.90 bits per heavy atom. The Bertz CT molecular complexity index is 647. The molecule has 0 aliphatic rings. The zero-order valence-corrected chi connectivity index (χ0v) is 12.6. The van der Waals surface area contributed by atoms with E-state index >= 15 is 0 Å². The Morgan fingerprint density at radius 1 is 1.10 bits per heavy atom. The van der Waals surface area contributed by atoms with E-state index in [0.717, 1.165) is 29.2 Å². The lowest BCUT2D eigenvalue weighted by atomic mass is 10.1. The van der Waals surface area contributed by atoms with E-state index in [2.05, 4.69) is 11.0 Å². The third-order valence-corrected chi connectivity index (χ3v) is 3.55. The van der Waals surface area contributed by atoms with Crippen molar-refractivity contribution in [3.8, 4) is 6.07 Å². The molecule has 0 atom stereocenters. The first-order valence-corrected chi connectivity index (χ1v) is 6.95. The minimum Gasteiger partial charge on any atom is -0.298 e. The smallest absolute Gasteiger partial charge is 0.0992 e. The molecule has 2 aromatic rings. The molecule has 2 nitrogen and oxygen atoms in total. The largest absolute Gasteiger partial charge is 0.298 e. The first kappa shape index (κ1) is 14.9. The zero-order chi connectivity index (χ0) is 14.5. The minimum atomic E-state index is 0.580. The number of rotatable bonds is 4. The molecular weight excluding hydrogens is 291 g/mol. The van der Waals surface area contributed by atoms with Gasteiger partial charge in [0.1, 0.15) is 0 Å². The van der Waals surface area contributed by atoms with Gasteiger partial charge in [-0.05, 0) is 42.4 Å². The van der Waals surface area contributed by atoms with Crippen molar-refractivity contribution < 1.29 is 0 Å². The summed E-state index contributed by atoms with van der Waals surface area (Å²) in [6, 6.07) is 15.3. The van der Waals surface area contributed by atoms with Crippen molar-refractivity contribution in [2.45, 2.75) is 13.1 Å². The molecule has 0 aliphatic heterocycles. The second-order valence-electron chi connectivity index (χ2n) is 4.72. The van der Waals surface area contributed by atoms with Gasteiger partial charge in [0.05, 0.1) is 11.6 Å². The summed E-state index contributed by atoms with van der Waals surface area (Å²) < 4.78 is 0. The summed E-state index contributed by atoms with van der Waals surface area (Å²) in [6.45, 7) is 1.51. The first-order valence-electron chi connectivity index (χ1n) is 6.20. The summed E-state index contributed by atoms with van der Waals surface area (Å²) in [5, 5.41) is 10.2. The molecule has 0 fully saturated rings. The Hall–Kier alpha value is -1.53. The minimum absolute atomic E-state index is 0.580. The maximum absolute atomic E-state index is 8.82. The highest BCUT2D eigenvalue weighted by Gasteiger charge is 2.06. The van der Waals surface area contributed by atoms with E-state index in [9.17, 15) is 0 Å². The molecule has 102 valence electrons. The van der Waals surface area contributed by atoms with E-state index in [1.54, 1.807) is 12.1 Å². The van der Waals surface area contributed by atoms with E-state index in [1.165, 1.54) is 0 Å². The van der Waals surface area contributed by atoms with Crippen LogP contribution in [0, 0.1) is 11.3 Å². The van der Waals surface area contributed by atoms with Crippen molar-refractivity contribution in [1.82, 2.24) is 4.90 Å². The maximum Gasteiger partial charge on any atom is 0.0992 e. The molecule has 2 rings (SSSR count). The van der Waals surface area contributed by atoms with Crippen LogP contribution in [0.3, 0.4) is 0 Å². The van der Waals surface area contributed by atoms with Gasteiger partial charge in [-0.15, -0.1) is 0 Å². The Kier molecular flexibility index (Phi) is 5.03. The Balaban J connectivity index is 2.05. The predicted octanol–water partition coefficient (Wildman–Crippen LogP) is 4.50. The molecular formula is C16H14Cl2N2. The van der Waals surface area contributed by atoms with Crippen LogP contribution in [-0.4, -0.2) is 11.9 Å². The molecule has 0 spiro atoms. The van der Waals surface area contributed by atoms with Crippen LogP contribution in [0.5, 0.6) is 0 Å². The fraction of sp³-hybridized carbons (Fsp3) is 0.188. The van der Waals surface area contributed by atoms with Crippen molar-refractivity contribution in [3.05, 3.63) is 69.2 Å². The van der Waals surface area contributed by atoms with Crippen LogP contribution >= 0.6 is 23.2 Å². The summed E-state index contributed by atoms with van der Waals surface area (Å²) >= 11 is 12.2. The summed E-state index contributed by atoms with van der Waals surface area (Å²) in [4.78, 5) is 2.15. The van der Waals surface area contributed by atoms with Gasteiger partial charge >= 0.3 is 0 Å². The molecule has 0 saturated heterocycles. The molecule has 4 heteroatoms. The molecule has 0 aliphatic carbocycles. The molecule has 0 saturated carbocycles. The molecule has 0 heterocycles. The molecule has 0 radical (unpaired) electrons. The number of nitriles is 1. The van der Waals surface area contributed by atoms with Gasteiger partial charge in [0.2, 0.25) is 0 Å². The van der Waals surface area contributed by atoms with Crippen LogP contribution in [0.4, 0.5) is 0 Å². The van der Waals surface area contributed by atoms with Crippen molar-refractivity contribution >= 4 is 23.2 Å². The van der Waals surface area contributed by atoms with Gasteiger partial charge in [-0.1, -0.05) is 41.4 Å². The lowest BCUT2D eigenvalue weighted by Gasteiger charge is -2.17. The summed E-state index contributed by atoms with van der Waals surface area (Å²) in [5.74, 6) is 0. The summed E-state index contributed by atoms with van der Waals surface area (Å²) in [7, 11) is 2.02. The van der Waals surface area contributed by atoms with Crippen LogP contribution in [0.15, 0.2) is 42.5 Å². The average Bonchev–Trinajstić information content (AvgIpc) is 2.41. The predicted molar refractivity (Wildman–Crippen MR) is 82.8 cm³/mol. The van der Waals surface area contributed by atoms with Crippen molar-refractivity contribution in [2.75, 3.05) is 7.05 Å². The van der Waals surface area contributed by atoms with Gasteiger partial charge in [0.25, 0.3) is 0 Å². The zero-order valence-electron chi connectivity index (χ0n) is 11.1. The van der Waals surface area contributed by atoms with Gasteiger partial charge in [-0.25, -0.2) is 0 Å². The van der Waals surface area contributed by atoms with Gasteiger partial charge in [-0.3, -0.25) is 4.90 Å². The standard InChI is InChI=1S/C16H14Cl2N2/c1-20(10-13-3-2-4-15(17)7-13)11-14-6-5-12(9-19)8-16(14)18/h2-8H,10-11H2,1H3. The molecule has 20 heavy (non-hydrogen) atoms. The summed E-state index contributed by atoms with van der Waals surface area (Å²) in [5.41, 5.74) is 2.75.